The lowest BCUT2D eigenvalue weighted by molar-refractivity contribution is -0.132. The van der Waals surface area contributed by atoms with Crippen molar-refractivity contribution in [2.24, 2.45) is 0 Å². The third-order valence-corrected chi connectivity index (χ3v) is 7.53. The van der Waals surface area contributed by atoms with E-state index in [9.17, 15) is 9.59 Å². The lowest BCUT2D eigenvalue weighted by Gasteiger charge is -2.37. The number of ether oxygens (including phenoxy) is 1. The molecule has 6 rings (SSSR count). The molecule has 2 atom stereocenters. The molecule has 11 heteroatoms. The molecule has 3 aromatic rings. The van der Waals surface area contributed by atoms with Crippen molar-refractivity contribution >= 4 is 29.1 Å². The molecule has 0 radical (unpaired) electrons. The summed E-state index contributed by atoms with van der Waals surface area (Å²) in [7, 11) is 3.81. The van der Waals surface area contributed by atoms with Gasteiger partial charge in [0, 0.05) is 54.5 Å². The molecule has 2 saturated heterocycles. The molecule has 2 unspecified atom stereocenters. The summed E-state index contributed by atoms with van der Waals surface area (Å²) in [6, 6.07) is 10.6. The van der Waals surface area contributed by atoms with Gasteiger partial charge in [0.1, 0.15) is 5.82 Å². The van der Waals surface area contributed by atoms with Crippen molar-refractivity contribution in [3.8, 4) is 11.4 Å². The van der Waals surface area contributed by atoms with Crippen molar-refractivity contribution in [2.45, 2.75) is 38.0 Å². The number of pyridine rings is 1. The fourth-order valence-corrected chi connectivity index (χ4v) is 5.60. The van der Waals surface area contributed by atoms with Crippen molar-refractivity contribution in [2.75, 3.05) is 55.8 Å². The van der Waals surface area contributed by atoms with Crippen molar-refractivity contribution in [1.82, 2.24) is 24.8 Å². The summed E-state index contributed by atoms with van der Waals surface area (Å²) in [6.07, 6.45) is 6.60. The Bertz CT molecular complexity index is 1370. The lowest BCUT2D eigenvalue weighted by Crippen LogP contribution is -2.45. The zero-order valence-electron chi connectivity index (χ0n) is 22.8. The predicted molar refractivity (Wildman–Crippen MR) is 152 cm³/mol. The summed E-state index contributed by atoms with van der Waals surface area (Å²) in [5.41, 5.74) is 4.19. The van der Waals surface area contributed by atoms with Gasteiger partial charge in [-0.15, -0.1) is 0 Å². The van der Waals surface area contributed by atoms with Gasteiger partial charge in [0.05, 0.1) is 31.0 Å². The first kappa shape index (κ1) is 26.1. The van der Waals surface area contributed by atoms with E-state index in [0.717, 1.165) is 55.0 Å². The smallest absolute Gasteiger partial charge is 0.323 e. The van der Waals surface area contributed by atoms with Crippen LogP contribution >= 0.6 is 0 Å². The molecule has 2 fully saturated rings. The minimum Gasteiger partial charge on any atom is -0.371 e. The monoisotopic (exact) mass is 542 g/mol. The van der Waals surface area contributed by atoms with E-state index in [1.54, 1.807) is 24.5 Å². The quantitative estimate of drug-likeness (QED) is 0.489. The molecule has 0 aliphatic carbocycles. The second kappa shape index (κ2) is 11.2. The molecule has 1 aromatic carbocycles. The maximum Gasteiger partial charge on any atom is 0.323 e. The number of urea groups is 1. The van der Waals surface area contributed by atoms with Crippen LogP contribution in [0.2, 0.25) is 0 Å². The van der Waals surface area contributed by atoms with E-state index in [2.05, 4.69) is 20.5 Å². The third kappa shape index (κ3) is 5.75. The van der Waals surface area contributed by atoms with Crippen LogP contribution in [0, 0.1) is 0 Å². The Kier molecular flexibility index (Phi) is 7.31. The van der Waals surface area contributed by atoms with E-state index in [1.807, 2.05) is 48.2 Å². The number of anilines is 3. The minimum atomic E-state index is -0.337. The van der Waals surface area contributed by atoms with Crippen LogP contribution in [-0.2, 0) is 22.5 Å². The summed E-state index contributed by atoms with van der Waals surface area (Å²) in [5, 5.41) is 5.64. The molecule has 0 saturated carbocycles. The summed E-state index contributed by atoms with van der Waals surface area (Å²) in [4.78, 5) is 45.4. The van der Waals surface area contributed by atoms with Crippen LogP contribution in [-0.4, -0.2) is 89.2 Å². The van der Waals surface area contributed by atoms with Crippen LogP contribution in [0.1, 0.15) is 24.1 Å². The minimum absolute atomic E-state index is 0.0993. The second-order valence-corrected chi connectivity index (χ2v) is 10.9. The van der Waals surface area contributed by atoms with Crippen LogP contribution in [0.5, 0.6) is 0 Å². The van der Waals surface area contributed by atoms with Crippen LogP contribution in [0.15, 0.2) is 48.8 Å². The van der Waals surface area contributed by atoms with E-state index in [-0.39, 0.29) is 24.1 Å². The highest BCUT2D eigenvalue weighted by molar-refractivity contribution is 5.99. The molecule has 3 aliphatic heterocycles. The average molecular weight is 543 g/mol. The first-order valence-electron chi connectivity index (χ1n) is 13.7. The largest absolute Gasteiger partial charge is 0.371 e. The summed E-state index contributed by atoms with van der Waals surface area (Å²) >= 11 is 0. The number of amides is 3. The SMILES string of the molecule is CN(C)CC(=O)N1CCc2c(nc(-c3ccc(NC(=O)Nc4ccncc4)cc3)nc2N2CC3CCC(C2)O3)C1. The summed E-state index contributed by atoms with van der Waals surface area (Å²) in [5.74, 6) is 1.67. The topological polar surface area (TPSA) is 116 Å². The fraction of sp³-hybridized carbons (Fsp3) is 0.414. The first-order chi connectivity index (χ1) is 19.4. The number of hydrogen-bond donors (Lipinski definition) is 2. The van der Waals surface area contributed by atoms with Gasteiger partial charge in [-0.3, -0.25) is 9.78 Å². The highest BCUT2D eigenvalue weighted by atomic mass is 16.5. The molecular formula is C29H34N8O3. The van der Waals surface area contributed by atoms with Gasteiger partial charge in [-0.25, -0.2) is 14.8 Å². The van der Waals surface area contributed by atoms with Crippen LogP contribution in [0.3, 0.4) is 0 Å². The van der Waals surface area contributed by atoms with Crippen molar-refractivity contribution in [3.05, 3.63) is 60.0 Å². The molecule has 5 heterocycles. The average Bonchev–Trinajstić information content (AvgIpc) is 3.29. The van der Waals surface area contributed by atoms with Gasteiger partial charge in [-0.05, 0) is 69.8 Å². The highest BCUT2D eigenvalue weighted by Crippen LogP contribution is 2.34. The molecule has 2 N–H and O–H groups in total. The van der Waals surface area contributed by atoms with E-state index in [1.165, 1.54) is 0 Å². The number of benzene rings is 1. The number of carbonyl (C=O) groups is 2. The second-order valence-electron chi connectivity index (χ2n) is 10.9. The van der Waals surface area contributed by atoms with Crippen LogP contribution in [0.4, 0.5) is 22.0 Å². The Hall–Kier alpha value is -4.09. The first-order valence-corrected chi connectivity index (χ1v) is 13.7. The Labute approximate surface area is 233 Å². The highest BCUT2D eigenvalue weighted by Gasteiger charge is 2.36. The van der Waals surface area contributed by atoms with Gasteiger partial charge in [0.2, 0.25) is 5.91 Å². The Morgan fingerprint density at radius 1 is 0.975 bits per heavy atom. The standard InChI is InChI=1S/C29H34N8O3/c1-35(2)18-26(38)36-14-11-24-25(17-36)33-27(34-28(24)37-15-22-7-8-23(16-37)40-22)19-3-5-20(6-4-19)31-29(39)32-21-9-12-30-13-10-21/h3-6,9-10,12-13,22-23H,7-8,11,14-18H2,1-2H3,(H2,30,31,32,39). The van der Waals surface area contributed by atoms with Crippen LogP contribution < -0.4 is 15.5 Å². The number of rotatable bonds is 6. The number of fused-ring (bicyclic) bond motifs is 3. The Morgan fingerprint density at radius 2 is 1.65 bits per heavy atom. The number of hydrogen-bond acceptors (Lipinski definition) is 8. The Morgan fingerprint density at radius 3 is 2.33 bits per heavy atom. The number of nitrogens with one attached hydrogen (secondary N) is 2. The van der Waals surface area contributed by atoms with E-state index in [4.69, 9.17) is 14.7 Å². The number of aromatic nitrogens is 3. The Balaban J connectivity index is 1.26. The molecule has 3 aliphatic rings. The van der Waals surface area contributed by atoms with E-state index >= 15 is 0 Å². The molecule has 2 bridgehead atoms. The molecule has 3 amide bonds. The molecule has 11 nitrogen and oxygen atoms in total. The maximum atomic E-state index is 12.9. The molecule has 0 spiro atoms. The van der Waals surface area contributed by atoms with Gasteiger partial charge in [-0.1, -0.05) is 0 Å². The number of carbonyl (C=O) groups excluding carboxylic acids is 2. The third-order valence-electron chi connectivity index (χ3n) is 7.53. The van der Waals surface area contributed by atoms with Gasteiger partial charge in [0.15, 0.2) is 5.82 Å². The van der Waals surface area contributed by atoms with Crippen LogP contribution in [0.25, 0.3) is 11.4 Å². The van der Waals surface area contributed by atoms with Gasteiger partial charge in [0.25, 0.3) is 0 Å². The van der Waals surface area contributed by atoms with Crippen molar-refractivity contribution in [1.29, 1.82) is 0 Å². The number of nitrogens with zero attached hydrogens (tertiary/aromatic N) is 6. The maximum absolute atomic E-state index is 12.9. The number of likely N-dealkylation sites (N-methyl/N-ethyl adjacent to an activating group) is 1. The lowest BCUT2D eigenvalue weighted by atomic mass is 10.0. The summed E-state index contributed by atoms with van der Waals surface area (Å²) in [6.45, 7) is 3.14. The normalized spacial score (nSPS) is 19.9. The fourth-order valence-electron chi connectivity index (χ4n) is 5.60. The van der Waals surface area contributed by atoms with Gasteiger partial charge in [-0.2, -0.15) is 0 Å². The van der Waals surface area contributed by atoms with E-state index in [0.29, 0.717) is 36.8 Å². The number of morpholine rings is 1. The predicted octanol–water partition coefficient (Wildman–Crippen LogP) is 3.00. The van der Waals surface area contributed by atoms with Crippen molar-refractivity contribution in [3.63, 3.8) is 0 Å². The van der Waals surface area contributed by atoms with Crippen molar-refractivity contribution < 1.29 is 14.3 Å². The van der Waals surface area contributed by atoms with Gasteiger partial charge >= 0.3 is 6.03 Å². The van der Waals surface area contributed by atoms with E-state index < -0.39 is 0 Å². The summed E-state index contributed by atoms with van der Waals surface area (Å²) < 4.78 is 6.09. The van der Waals surface area contributed by atoms with Gasteiger partial charge < -0.3 is 30.1 Å². The molecule has 208 valence electrons. The zero-order chi connectivity index (χ0) is 27.6. The molecule has 2 aromatic heterocycles. The molecular weight excluding hydrogens is 508 g/mol. The molecule has 40 heavy (non-hydrogen) atoms. The zero-order valence-corrected chi connectivity index (χ0v) is 22.8.